The maximum Gasteiger partial charge on any atom is 0.294 e. The summed E-state index contributed by atoms with van der Waals surface area (Å²) < 4.78 is 5.46. The van der Waals surface area contributed by atoms with E-state index in [0.717, 1.165) is 5.56 Å². The minimum atomic E-state index is -1.01. The number of halogens is 2. The highest BCUT2D eigenvalue weighted by atomic mass is 35.5. The van der Waals surface area contributed by atoms with Crippen molar-refractivity contribution in [1.82, 2.24) is 4.98 Å². The average molecular weight is 326 g/mol. The summed E-state index contributed by atoms with van der Waals surface area (Å²) >= 11 is 11.1. The summed E-state index contributed by atoms with van der Waals surface area (Å²) in [4.78, 5) is 25.5. The van der Waals surface area contributed by atoms with E-state index in [1.165, 1.54) is 0 Å². The number of aromatic nitrogens is 1. The second kappa shape index (κ2) is 6.89. The fourth-order valence-corrected chi connectivity index (χ4v) is 2.32. The Labute approximate surface area is 132 Å². The molecular weight excluding hydrogens is 313 g/mol. The van der Waals surface area contributed by atoms with Gasteiger partial charge in [-0.25, -0.2) is 0 Å². The number of benzene rings is 1. The third-order valence-corrected chi connectivity index (χ3v) is 3.59. The number of methoxy groups -OCH3 is 1. The van der Waals surface area contributed by atoms with Crippen molar-refractivity contribution in [2.75, 3.05) is 7.11 Å². The first-order valence-corrected chi connectivity index (χ1v) is 6.97. The van der Waals surface area contributed by atoms with E-state index >= 15 is 0 Å². The highest BCUT2D eigenvalue weighted by Crippen LogP contribution is 2.25. The van der Waals surface area contributed by atoms with Gasteiger partial charge in [-0.05, 0) is 40.9 Å². The van der Waals surface area contributed by atoms with Crippen molar-refractivity contribution in [3.63, 3.8) is 0 Å². The average Bonchev–Trinajstić information content (AvgIpc) is 2.93. The monoisotopic (exact) mass is 325 g/mol. The van der Waals surface area contributed by atoms with Crippen molar-refractivity contribution in [1.29, 1.82) is 0 Å². The standard InChI is InChI=1S/C15H13Cl2NO3/c1-21-12(9-2-4-11(16)5-3-9)8-10-6-7-18-13(10)14(19)15(17)20/h2-7,12,18H,8H2,1H3. The zero-order valence-electron chi connectivity index (χ0n) is 11.2. The molecular formula is C15H13Cl2NO3. The Morgan fingerprint density at radius 2 is 1.90 bits per heavy atom. The maximum atomic E-state index is 11.7. The van der Waals surface area contributed by atoms with Gasteiger partial charge in [0.1, 0.15) is 0 Å². The molecule has 4 nitrogen and oxygen atoms in total. The van der Waals surface area contributed by atoms with Crippen LogP contribution in [0.1, 0.15) is 27.7 Å². The number of nitrogens with one attached hydrogen (secondary N) is 1. The number of carbonyl (C=O) groups excluding carboxylic acids is 2. The molecule has 0 fully saturated rings. The van der Waals surface area contributed by atoms with Crippen molar-refractivity contribution in [3.8, 4) is 0 Å². The number of aromatic amines is 1. The van der Waals surface area contributed by atoms with Crippen LogP contribution < -0.4 is 0 Å². The van der Waals surface area contributed by atoms with Gasteiger partial charge in [-0.2, -0.15) is 0 Å². The van der Waals surface area contributed by atoms with E-state index in [9.17, 15) is 9.59 Å². The van der Waals surface area contributed by atoms with Gasteiger partial charge in [-0.15, -0.1) is 0 Å². The van der Waals surface area contributed by atoms with Gasteiger partial charge in [-0.3, -0.25) is 9.59 Å². The molecule has 0 radical (unpaired) electrons. The SMILES string of the molecule is COC(Cc1cc[nH]c1C(=O)C(=O)Cl)c1ccc(Cl)cc1. The fourth-order valence-electron chi connectivity index (χ4n) is 2.10. The minimum Gasteiger partial charge on any atom is -0.376 e. The van der Waals surface area contributed by atoms with Crippen LogP contribution in [0, 0.1) is 0 Å². The lowest BCUT2D eigenvalue weighted by Crippen LogP contribution is -2.13. The second-order valence-electron chi connectivity index (χ2n) is 4.46. The molecule has 6 heteroatoms. The number of ketones is 1. The first kappa shape index (κ1) is 15.8. The van der Waals surface area contributed by atoms with Crippen molar-refractivity contribution < 1.29 is 14.3 Å². The Morgan fingerprint density at radius 3 is 2.48 bits per heavy atom. The molecule has 1 unspecified atom stereocenters. The molecule has 1 N–H and O–H groups in total. The van der Waals surface area contributed by atoms with E-state index in [4.69, 9.17) is 27.9 Å². The van der Waals surface area contributed by atoms with Gasteiger partial charge in [0.25, 0.3) is 11.0 Å². The van der Waals surface area contributed by atoms with Gasteiger partial charge in [0.15, 0.2) is 0 Å². The van der Waals surface area contributed by atoms with Crippen LogP contribution in [0.15, 0.2) is 36.5 Å². The molecule has 0 saturated carbocycles. The van der Waals surface area contributed by atoms with Gasteiger partial charge in [-0.1, -0.05) is 23.7 Å². The molecule has 1 atom stereocenters. The molecule has 1 aromatic heterocycles. The highest BCUT2D eigenvalue weighted by Gasteiger charge is 2.21. The van der Waals surface area contributed by atoms with Crippen LogP contribution in [0.4, 0.5) is 0 Å². The van der Waals surface area contributed by atoms with Crippen molar-refractivity contribution >= 4 is 34.2 Å². The summed E-state index contributed by atoms with van der Waals surface area (Å²) in [6.07, 6.45) is 1.78. The third kappa shape index (κ3) is 3.73. The largest absolute Gasteiger partial charge is 0.376 e. The third-order valence-electron chi connectivity index (χ3n) is 3.17. The van der Waals surface area contributed by atoms with E-state index in [1.54, 1.807) is 31.5 Å². The predicted octanol–water partition coefficient (Wildman–Crippen LogP) is 3.55. The summed E-state index contributed by atoms with van der Waals surface area (Å²) in [6, 6.07) is 8.99. The number of Topliss-reactive ketones (excluding diaryl/α,β-unsaturated/α-hetero) is 1. The van der Waals surface area contributed by atoms with Gasteiger partial charge < -0.3 is 9.72 Å². The van der Waals surface area contributed by atoms with Gasteiger partial charge in [0.2, 0.25) is 0 Å². The molecule has 0 aliphatic heterocycles. The van der Waals surface area contributed by atoms with Crippen LogP contribution in [0.5, 0.6) is 0 Å². The first-order valence-electron chi connectivity index (χ1n) is 6.21. The van der Waals surface area contributed by atoms with Gasteiger partial charge in [0, 0.05) is 24.8 Å². The van der Waals surface area contributed by atoms with Crippen LogP contribution in [-0.4, -0.2) is 23.1 Å². The van der Waals surface area contributed by atoms with E-state index < -0.39 is 11.0 Å². The molecule has 0 aliphatic carbocycles. The Balaban J connectivity index is 2.23. The normalized spacial score (nSPS) is 12.1. The quantitative estimate of drug-likeness (QED) is 0.502. The lowest BCUT2D eigenvalue weighted by molar-refractivity contribution is -0.108. The summed E-state index contributed by atoms with van der Waals surface area (Å²) in [5, 5.41) is -0.377. The molecule has 1 aromatic carbocycles. The summed E-state index contributed by atoms with van der Waals surface area (Å²) in [7, 11) is 1.58. The van der Waals surface area contributed by atoms with E-state index in [-0.39, 0.29) is 11.8 Å². The predicted molar refractivity (Wildman–Crippen MR) is 80.9 cm³/mol. The van der Waals surface area contributed by atoms with Crippen molar-refractivity contribution in [2.45, 2.75) is 12.5 Å². The smallest absolute Gasteiger partial charge is 0.294 e. The molecule has 0 bridgehead atoms. The minimum absolute atomic E-state index is 0.200. The van der Waals surface area contributed by atoms with Gasteiger partial charge in [0.05, 0.1) is 11.8 Å². The molecule has 0 amide bonds. The molecule has 1 heterocycles. The van der Waals surface area contributed by atoms with Crippen LogP contribution in [0.25, 0.3) is 0 Å². The first-order chi connectivity index (χ1) is 10.0. The lowest BCUT2D eigenvalue weighted by atomic mass is 10.0. The summed E-state index contributed by atoms with van der Waals surface area (Å²) in [6.45, 7) is 0. The maximum absolute atomic E-state index is 11.7. The van der Waals surface area contributed by atoms with E-state index in [2.05, 4.69) is 4.98 Å². The summed E-state index contributed by atoms with van der Waals surface area (Å²) in [5.74, 6) is -0.748. The Morgan fingerprint density at radius 1 is 1.24 bits per heavy atom. The highest BCUT2D eigenvalue weighted by molar-refractivity contribution is 6.83. The molecule has 2 aromatic rings. The van der Waals surface area contributed by atoms with Crippen LogP contribution in [0.2, 0.25) is 5.02 Å². The number of ether oxygens (including phenoxy) is 1. The molecule has 0 spiro atoms. The Kier molecular flexibility index (Phi) is 5.17. The number of rotatable bonds is 6. The topological polar surface area (TPSA) is 59.2 Å². The lowest BCUT2D eigenvalue weighted by Gasteiger charge is -2.16. The molecule has 0 aliphatic rings. The zero-order valence-corrected chi connectivity index (χ0v) is 12.7. The van der Waals surface area contributed by atoms with Crippen molar-refractivity contribution in [2.24, 2.45) is 0 Å². The molecule has 2 rings (SSSR count). The Hall–Kier alpha value is -1.62. The van der Waals surface area contributed by atoms with Crippen LogP contribution in [-0.2, 0) is 16.0 Å². The zero-order chi connectivity index (χ0) is 15.4. The summed E-state index contributed by atoms with van der Waals surface area (Å²) in [5.41, 5.74) is 1.81. The van der Waals surface area contributed by atoms with E-state index in [0.29, 0.717) is 17.0 Å². The number of carbonyl (C=O) groups is 2. The molecule has 0 saturated heterocycles. The molecule has 21 heavy (non-hydrogen) atoms. The van der Waals surface area contributed by atoms with Crippen LogP contribution >= 0.6 is 23.2 Å². The fraction of sp³-hybridized carbons (Fsp3) is 0.200. The second-order valence-corrected chi connectivity index (χ2v) is 5.24. The number of hydrogen-bond acceptors (Lipinski definition) is 3. The number of hydrogen-bond donors (Lipinski definition) is 1. The number of H-pyrrole nitrogens is 1. The molecule has 110 valence electrons. The van der Waals surface area contributed by atoms with Gasteiger partial charge >= 0.3 is 0 Å². The van der Waals surface area contributed by atoms with E-state index in [1.807, 2.05) is 12.1 Å². The van der Waals surface area contributed by atoms with Crippen LogP contribution in [0.3, 0.4) is 0 Å². The van der Waals surface area contributed by atoms with Crippen molar-refractivity contribution in [3.05, 3.63) is 58.4 Å². The Bertz CT molecular complexity index is 649.